The van der Waals surface area contributed by atoms with Crippen molar-refractivity contribution in [2.24, 2.45) is 10.4 Å². The standard InChI is InChI=1S/C21H24N4O5/c1-5-11-21(12-6-2)17(27)23-19(24-18(21)28)25-20(29)22-15-10-8-7-9-14(15)16(26)30-13(3)4/h5-10,13H,1-2,11-12H2,3-4H3,(H3,22,23,24,25,27,28,29). The van der Waals surface area contributed by atoms with Gasteiger partial charge in [-0.3, -0.25) is 20.2 Å². The highest BCUT2D eigenvalue weighted by molar-refractivity contribution is 6.22. The number of carbonyl (C=O) groups is 4. The number of ether oxygens (including phenoxy) is 1. The smallest absolute Gasteiger partial charge is 0.348 e. The van der Waals surface area contributed by atoms with E-state index in [2.05, 4.69) is 34.1 Å². The van der Waals surface area contributed by atoms with Crippen LogP contribution in [-0.4, -0.2) is 35.9 Å². The van der Waals surface area contributed by atoms with Crippen LogP contribution in [-0.2, 0) is 14.3 Å². The maximum Gasteiger partial charge on any atom is 0.348 e. The van der Waals surface area contributed by atoms with Gasteiger partial charge in [0, 0.05) is 0 Å². The number of hydrogen-bond acceptors (Lipinski definition) is 5. The zero-order valence-corrected chi connectivity index (χ0v) is 16.9. The molecule has 9 heteroatoms. The SMILES string of the molecule is C=CCC1(CC=C)C(=O)NC(=NC(=O)Nc2ccccc2C(=O)OC(C)C)NC1=O. The molecule has 1 heterocycles. The minimum Gasteiger partial charge on any atom is -0.459 e. The lowest BCUT2D eigenvalue weighted by atomic mass is 9.78. The number of nitrogens with one attached hydrogen (secondary N) is 3. The summed E-state index contributed by atoms with van der Waals surface area (Å²) in [4.78, 5) is 53.3. The van der Waals surface area contributed by atoms with Crippen LogP contribution in [0.2, 0.25) is 0 Å². The molecule has 158 valence electrons. The number of hydrogen-bond donors (Lipinski definition) is 3. The van der Waals surface area contributed by atoms with Gasteiger partial charge in [0.15, 0.2) is 0 Å². The fourth-order valence-electron chi connectivity index (χ4n) is 2.88. The van der Waals surface area contributed by atoms with Gasteiger partial charge in [-0.15, -0.1) is 13.2 Å². The molecule has 9 nitrogen and oxygen atoms in total. The fourth-order valence-corrected chi connectivity index (χ4v) is 2.88. The van der Waals surface area contributed by atoms with Gasteiger partial charge in [-0.1, -0.05) is 24.3 Å². The second kappa shape index (κ2) is 9.64. The summed E-state index contributed by atoms with van der Waals surface area (Å²) in [6.45, 7) is 10.6. The van der Waals surface area contributed by atoms with Crippen molar-refractivity contribution < 1.29 is 23.9 Å². The Bertz CT molecular complexity index is 888. The third kappa shape index (κ3) is 4.99. The number of allylic oxidation sites excluding steroid dienone is 2. The molecule has 0 saturated carbocycles. The highest BCUT2D eigenvalue weighted by Gasteiger charge is 2.47. The molecule has 1 fully saturated rings. The summed E-state index contributed by atoms with van der Waals surface area (Å²) in [5.74, 6) is -2.14. The molecule has 30 heavy (non-hydrogen) atoms. The number of esters is 1. The summed E-state index contributed by atoms with van der Waals surface area (Å²) in [5.41, 5.74) is -1.07. The van der Waals surface area contributed by atoms with Crippen LogP contribution in [0.15, 0.2) is 54.6 Å². The molecular formula is C21H24N4O5. The highest BCUT2D eigenvalue weighted by atomic mass is 16.5. The zero-order chi connectivity index (χ0) is 22.3. The number of aliphatic imine (C=N–C) groups is 1. The Kier molecular flexibility index (Phi) is 7.24. The number of para-hydroxylation sites is 1. The first kappa shape index (κ1) is 22.5. The van der Waals surface area contributed by atoms with Crippen molar-refractivity contribution in [3.8, 4) is 0 Å². The van der Waals surface area contributed by atoms with Crippen LogP contribution in [0.25, 0.3) is 0 Å². The van der Waals surface area contributed by atoms with E-state index in [0.29, 0.717) is 0 Å². The lowest BCUT2D eigenvalue weighted by Crippen LogP contribution is -2.63. The topological polar surface area (TPSA) is 126 Å². The van der Waals surface area contributed by atoms with Crippen molar-refractivity contribution in [2.75, 3.05) is 5.32 Å². The number of anilines is 1. The second-order valence-corrected chi connectivity index (χ2v) is 6.87. The van der Waals surface area contributed by atoms with E-state index in [1.807, 2.05) is 0 Å². The van der Waals surface area contributed by atoms with Gasteiger partial charge < -0.3 is 10.1 Å². The zero-order valence-electron chi connectivity index (χ0n) is 16.9. The summed E-state index contributed by atoms with van der Waals surface area (Å²) >= 11 is 0. The third-order valence-electron chi connectivity index (χ3n) is 4.26. The molecule has 2 rings (SSSR count). The minimum absolute atomic E-state index is 0.0987. The largest absolute Gasteiger partial charge is 0.459 e. The van der Waals surface area contributed by atoms with Crippen molar-refractivity contribution in [1.82, 2.24) is 10.6 Å². The van der Waals surface area contributed by atoms with Crippen molar-refractivity contribution in [2.45, 2.75) is 32.8 Å². The summed E-state index contributed by atoms with van der Waals surface area (Å²) in [7, 11) is 0. The molecule has 4 amide bonds. The van der Waals surface area contributed by atoms with Crippen LogP contribution < -0.4 is 16.0 Å². The molecule has 1 saturated heterocycles. The van der Waals surface area contributed by atoms with E-state index >= 15 is 0 Å². The van der Waals surface area contributed by atoms with E-state index in [9.17, 15) is 19.2 Å². The normalized spacial score (nSPS) is 15.0. The van der Waals surface area contributed by atoms with Crippen LogP contribution in [0, 0.1) is 5.41 Å². The van der Waals surface area contributed by atoms with Gasteiger partial charge in [0.25, 0.3) is 0 Å². The fraction of sp³-hybridized carbons (Fsp3) is 0.286. The molecule has 1 aromatic carbocycles. The molecule has 0 aliphatic carbocycles. The Morgan fingerprint density at radius 3 is 2.23 bits per heavy atom. The Morgan fingerprint density at radius 2 is 1.70 bits per heavy atom. The first-order chi connectivity index (χ1) is 14.2. The van der Waals surface area contributed by atoms with Gasteiger partial charge in [0.1, 0.15) is 5.41 Å². The molecule has 1 aromatic rings. The predicted octanol–water partition coefficient (Wildman–Crippen LogP) is 2.52. The quantitative estimate of drug-likeness (QED) is 0.360. The van der Waals surface area contributed by atoms with Gasteiger partial charge in [-0.25, -0.2) is 9.59 Å². The van der Waals surface area contributed by atoms with Crippen LogP contribution >= 0.6 is 0 Å². The van der Waals surface area contributed by atoms with Crippen molar-refractivity contribution in [3.05, 3.63) is 55.1 Å². The number of nitrogens with zero attached hydrogens (tertiary/aromatic N) is 1. The van der Waals surface area contributed by atoms with Gasteiger partial charge >= 0.3 is 12.0 Å². The second-order valence-electron chi connectivity index (χ2n) is 6.87. The maximum absolute atomic E-state index is 12.6. The average Bonchev–Trinajstić information content (AvgIpc) is 2.66. The molecule has 0 radical (unpaired) electrons. The highest BCUT2D eigenvalue weighted by Crippen LogP contribution is 2.30. The number of urea groups is 1. The lowest BCUT2D eigenvalue weighted by molar-refractivity contribution is -0.143. The third-order valence-corrected chi connectivity index (χ3v) is 4.26. The number of benzene rings is 1. The lowest BCUT2D eigenvalue weighted by Gasteiger charge is -2.33. The number of amides is 4. The van der Waals surface area contributed by atoms with Gasteiger partial charge in [0.2, 0.25) is 17.8 Å². The van der Waals surface area contributed by atoms with E-state index in [0.717, 1.165) is 0 Å². The van der Waals surface area contributed by atoms with Gasteiger partial charge in [0.05, 0.1) is 17.4 Å². The van der Waals surface area contributed by atoms with Crippen LogP contribution in [0.5, 0.6) is 0 Å². The summed E-state index contributed by atoms with van der Waals surface area (Å²) in [5, 5.41) is 7.29. The number of carbonyl (C=O) groups excluding carboxylic acids is 4. The van der Waals surface area contributed by atoms with E-state index in [4.69, 9.17) is 4.74 Å². The Labute approximate surface area is 174 Å². The van der Waals surface area contributed by atoms with Crippen LogP contribution in [0.3, 0.4) is 0 Å². The van der Waals surface area contributed by atoms with Gasteiger partial charge in [-0.2, -0.15) is 4.99 Å². The maximum atomic E-state index is 12.6. The first-order valence-corrected chi connectivity index (χ1v) is 9.28. The van der Waals surface area contributed by atoms with Crippen LogP contribution in [0.4, 0.5) is 10.5 Å². The minimum atomic E-state index is -1.40. The molecule has 3 N–H and O–H groups in total. The van der Waals surface area contributed by atoms with Crippen molar-refractivity contribution in [3.63, 3.8) is 0 Å². The summed E-state index contributed by atoms with van der Waals surface area (Å²) in [6.07, 6.45) is 2.79. The van der Waals surface area contributed by atoms with E-state index in [1.165, 1.54) is 24.3 Å². The van der Waals surface area contributed by atoms with E-state index in [-0.39, 0.29) is 36.2 Å². The van der Waals surface area contributed by atoms with Crippen LogP contribution in [0.1, 0.15) is 37.0 Å². The Hall–Kier alpha value is -3.75. The Morgan fingerprint density at radius 1 is 1.13 bits per heavy atom. The molecule has 0 atom stereocenters. The van der Waals surface area contributed by atoms with Crippen molar-refractivity contribution >= 4 is 35.5 Å². The molecule has 0 spiro atoms. The van der Waals surface area contributed by atoms with E-state index < -0.39 is 29.2 Å². The molecule has 0 unspecified atom stereocenters. The molecular weight excluding hydrogens is 388 g/mol. The van der Waals surface area contributed by atoms with E-state index in [1.54, 1.807) is 26.0 Å². The number of rotatable bonds is 7. The summed E-state index contributed by atoms with van der Waals surface area (Å²) in [6, 6.07) is 5.36. The predicted molar refractivity (Wildman–Crippen MR) is 112 cm³/mol. The monoisotopic (exact) mass is 412 g/mol. The summed E-state index contributed by atoms with van der Waals surface area (Å²) < 4.78 is 5.15. The molecule has 1 aliphatic rings. The van der Waals surface area contributed by atoms with Gasteiger partial charge in [-0.05, 0) is 38.8 Å². The molecule has 1 aliphatic heterocycles. The van der Waals surface area contributed by atoms with Crippen molar-refractivity contribution in [1.29, 1.82) is 0 Å². The average molecular weight is 412 g/mol. The number of guanidine groups is 1. The molecule has 0 aromatic heterocycles. The Balaban J connectivity index is 2.18. The molecule has 0 bridgehead atoms. The first-order valence-electron chi connectivity index (χ1n) is 9.28.